The van der Waals surface area contributed by atoms with Gasteiger partial charge in [0.25, 0.3) is 11.8 Å². The molecule has 2 aromatic rings. The van der Waals surface area contributed by atoms with E-state index in [1.807, 2.05) is 42.5 Å². The number of hydrogen-bond donors (Lipinski definition) is 1. The SMILES string of the molecule is CC1(C)CCC2CC1(C)CN2C(=O)c1ccc(NC(=O)c2ccccc2)cc1. The van der Waals surface area contributed by atoms with Crippen LogP contribution in [0.25, 0.3) is 0 Å². The quantitative estimate of drug-likeness (QED) is 0.821. The van der Waals surface area contributed by atoms with Gasteiger partial charge in [0.05, 0.1) is 0 Å². The minimum absolute atomic E-state index is 0.104. The summed E-state index contributed by atoms with van der Waals surface area (Å²) in [4.78, 5) is 27.5. The number of anilines is 1. The maximum atomic E-state index is 13.1. The Labute approximate surface area is 166 Å². The van der Waals surface area contributed by atoms with Crippen molar-refractivity contribution in [2.75, 3.05) is 11.9 Å². The van der Waals surface area contributed by atoms with Gasteiger partial charge < -0.3 is 10.2 Å². The monoisotopic (exact) mass is 376 g/mol. The third-order valence-electron chi connectivity index (χ3n) is 7.07. The van der Waals surface area contributed by atoms with Gasteiger partial charge in [-0.2, -0.15) is 0 Å². The van der Waals surface area contributed by atoms with Crippen molar-refractivity contribution in [3.63, 3.8) is 0 Å². The van der Waals surface area contributed by atoms with E-state index < -0.39 is 0 Å². The highest BCUT2D eigenvalue weighted by Crippen LogP contribution is 2.55. The highest BCUT2D eigenvalue weighted by molar-refractivity contribution is 6.04. The van der Waals surface area contributed by atoms with E-state index in [9.17, 15) is 9.59 Å². The maximum absolute atomic E-state index is 13.1. The summed E-state index contributed by atoms with van der Waals surface area (Å²) >= 11 is 0. The Bertz CT molecular complexity index is 889. The van der Waals surface area contributed by atoms with E-state index in [0.717, 1.165) is 19.4 Å². The maximum Gasteiger partial charge on any atom is 0.255 e. The van der Waals surface area contributed by atoms with Crippen LogP contribution in [-0.4, -0.2) is 29.3 Å². The minimum atomic E-state index is -0.150. The molecule has 2 bridgehead atoms. The standard InChI is InChI=1S/C24H28N2O2/c1-23(2)14-13-20-15-24(23,3)16-26(20)22(28)18-9-11-19(12-10-18)25-21(27)17-7-5-4-6-8-17/h4-12,20H,13-16H2,1-3H3,(H,25,27). The number of nitrogens with zero attached hydrogens (tertiary/aromatic N) is 1. The first-order valence-corrected chi connectivity index (χ1v) is 10.1. The van der Waals surface area contributed by atoms with Crippen molar-refractivity contribution < 1.29 is 9.59 Å². The lowest BCUT2D eigenvalue weighted by Crippen LogP contribution is -2.38. The molecule has 2 atom stereocenters. The number of carbonyl (C=O) groups is 2. The van der Waals surface area contributed by atoms with Crippen molar-refractivity contribution in [3.05, 3.63) is 65.7 Å². The number of hydrogen-bond acceptors (Lipinski definition) is 2. The average molecular weight is 377 g/mol. The largest absolute Gasteiger partial charge is 0.335 e. The molecule has 0 spiro atoms. The Morgan fingerprint density at radius 1 is 0.964 bits per heavy atom. The van der Waals surface area contributed by atoms with E-state index in [1.165, 1.54) is 6.42 Å². The molecule has 4 rings (SSSR count). The first-order chi connectivity index (χ1) is 13.3. The van der Waals surface area contributed by atoms with Crippen LogP contribution in [0.4, 0.5) is 5.69 Å². The first-order valence-electron chi connectivity index (χ1n) is 10.1. The van der Waals surface area contributed by atoms with Crippen molar-refractivity contribution in [3.8, 4) is 0 Å². The molecule has 1 aliphatic heterocycles. The van der Waals surface area contributed by atoms with Gasteiger partial charge in [0, 0.05) is 29.4 Å². The second-order valence-corrected chi connectivity index (χ2v) is 9.17. The third kappa shape index (κ3) is 3.21. The minimum Gasteiger partial charge on any atom is -0.335 e. The summed E-state index contributed by atoms with van der Waals surface area (Å²) in [6.45, 7) is 7.83. The second kappa shape index (κ2) is 6.77. The van der Waals surface area contributed by atoms with E-state index in [-0.39, 0.29) is 22.6 Å². The number of rotatable bonds is 3. The molecule has 1 saturated heterocycles. The van der Waals surface area contributed by atoms with E-state index in [0.29, 0.717) is 22.9 Å². The summed E-state index contributed by atoms with van der Waals surface area (Å²) in [5.41, 5.74) is 2.45. The topological polar surface area (TPSA) is 49.4 Å². The zero-order chi connectivity index (χ0) is 19.9. The lowest BCUT2D eigenvalue weighted by Gasteiger charge is -2.44. The summed E-state index contributed by atoms with van der Waals surface area (Å²) in [7, 11) is 0. The lowest BCUT2D eigenvalue weighted by molar-refractivity contribution is 0.0692. The molecule has 2 fully saturated rings. The van der Waals surface area contributed by atoms with Crippen LogP contribution < -0.4 is 5.32 Å². The van der Waals surface area contributed by atoms with Crippen LogP contribution in [0.3, 0.4) is 0 Å². The van der Waals surface area contributed by atoms with Crippen LogP contribution in [-0.2, 0) is 0 Å². The van der Waals surface area contributed by atoms with Crippen molar-refractivity contribution in [2.45, 2.75) is 46.1 Å². The van der Waals surface area contributed by atoms with Crippen LogP contribution >= 0.6 is 0 Å². The normalized spacial score (nSPS) is 25.4. The molecular formula is C24H28N2O2. The van der Waals surface area contributed by atoms with Gasteiger partial charge >= 0.3 is 0 Å². The molecule has 0 aromatic heterocycles. The van der Waals surface area contributed by atoms with Crippen molar-refractivity contribution in [1.29, 1.82) is 0 Å². The van der Waals surface area contributed by atoms with Crippen LogP contribution in [0.2, 0.25) is 0 Å². The van der Waals surface area contributed by atoms with E-state index >= 15 is 0 Å². The Kier molecular flexibility index (Phi) is 4.53. The molecule has 2 aromatic carbocycles. The van der Waals surface area contributed by atoms with Gasteiger partial charge in [-0.1, -0.05) is 39.0 Å². The lowest BCUT2D eigenvalue weighted by atomic mass is 9.60. The van der Waals surface area contributed by atoms with Gasteiger partial charge in [-0.05, 0) is 66.5 Å². The van der Waals surface area contributed by atoms with Gasteiger partial charge in [0.15, 0.2) is 0 Å². The Balaban J connectivity index is 1.46. The van der Waals surface area contributed by atoms with Crippen molar-refractivity contribution in [2.24, 2.45) is 10.8 Å². The molecule has 1 heterocycles. The fraction of sp³-hybridized carbons (Fsp3) is 0.417. The smallest absolute Gasteiger partial charge is 0.255 e. The van der Waals surface area contributed by atoms with E-state index in [4.69, 9.17) is 0 Å². The molecule has 1 N–H and O–H groups in total. The fourth-order valence-corrected chi connectivity index (χ4v) is 4.67. The number of likely N-dealkylation sites (tertiary alicyclic amines) is 1. The number of nitrogens with one attached hydrogen (secondary N) is 1. The second-order valence-electron chi connectivity index (χ2n) is 9.17. The van der Waals surface area contributed by atoms with Gasteiger partial charge in [-0.25, -0.2) is 0 Å². The fourth-order valence-electron chi connectivity index (χ4n) is 4.67. The molecule has 2 unspecified atom stereocenters. The van der Waals surface area contributed by atoms with Crippen molar-refractivity contribution in [1.82, 2.24) is 4.90 Å². The zero-order valence-corrected chi connectivity index (χ0v) is 16.9. The van der Waals surface area contributed by atoms with Crippen LogP contribution in [0.1, 0.15) is 60.7 Å². The third-order valence-corrected chi connectivity index (χ3v) is 7.07. The summed E-state index contributed by atoms with van der Waals surface area (Å²) in [6.07, 6.45) is 3.35. The number of benzene rings is 2. The Morgan fingerprint density at radius 3 is 2.29 bits per heavy atom. The van der Waals surface area contributed by atoms with E-state index in [1.54, 1.807) is 12.1 Å². The Morgan fingerprint density at radius 2 is 1.64 bits per heavy atom. The summed E-state index contributed by atoms with van der Waals surface area (Å²) in [5, 5.41) is 2.88. The van der Waals surface area contributed by atoms with Gasteiger partial charge in [0.1, 0.15) is 0 Å². The molecule has 28 heavy (non-hydrogen) atoms. The molecular weight excluding hydrogens is 348 g/mol. The molecule has 4 heteroatoms. The molecule has 1 aliphatic carbocycles. The van der Waals surface area contributed by atoms with Gasteiger partial charge in [-0.3, -0.25) is 9.59 Å². The summed E-state index contributed by atoms with van der Waals surface area (Å²) < 4.78 is 0. The molecule has 1 saturated carbocycles. The molecule has 4 nitrogen and oxygen atoms in total. The average Bonchev–Trinajstić information content (AvgIpc) is 3.01. The highest BCUT2D eigenvalue weighted by Gasteiger charge is 2.54. The first kappa shape index (κ1) is 18.7. The number of carbonyl (C=O) groups excluding carboxylic acids is 2. The molecule has 2 amide bonds. The Hall–Kier alpha value is -2.62. The summed E-state index contributed by atoms with van der Waals surface area (Å²) in [5.74, 6) is -0.0458. The molecule has 0 radical (unpaired) electrons. The predicted octanol–water partition coefficient (Wildman–Crippen LogP) is 4.98. The zero-order valence-electron chi connectivity index (χ0n) is 16.9. The predicted molar refractivity (Wildman–Crippen MR) is 111 cm³/mol. The number of fused-ring (bicyclic) bond motifs is 2. The number of amides is 2. The van der Waals surface area contributed by atoms with Gasteiger partial charge in [-0.15, -0.1) is 0 Å². The van der Waals surface area contributed by atoms with Crippen LogP contribution in [0.5, 0.6) is 0 Å². The highest BCUT2D eigenvalue weighted by atomic mass is 16.2. The van der Waals surface area contributed by atoms with E-state index in [2.05, 4.69) is 31.0 Å². The molecule has 146 valence electrons. The summed E-state index contributed by atoms with van der Waals surface area (Å²) in [6, 6.07) is 16.7. The molecule has 2 aliphatic rings. The van der Waals surface area contributed by atoms with Crippen LogP contribution in [0.15, 0.2) is 54.6 Å². The van der Waals surface area contributed by atoms with Crippen molar-refractivity contribution >= 4 is 17.5 Å². The van der Waals surface area contributed by atoms with Crippen LogP contribution in [0, 0.1) is 10.8 Å². The van der Waals surface area contributed by atoms with Gasteiger partial charge in [0.2, 0.25) is 0 Å².